The monoisotopic (exact) mass is 352 g/mol. The minimum Gasteiger partial charge on any atom is -0.457 e. The third-order valence-electron chi connectivity index (χ3n) is 3.18. The van der Waals surface area contributed by atoms with Gasteiger partial charge in [-0.2, -0.15) is 17.9 Å². The fraction of sp³-hybridized carbons (Fsp3) is 0.125. The predicted molar refractivity (Wildman–Crippen MR) is 80.2 cm³/mol. The van der Waals surface area contributed by atoms with Crippen molar-refractivity contribution in [1.29, 1.82) is 0 Å². The van der Waals surface area contributed by atoms with E-state index in [1.165, 1.54) is 43.5 Å². The largest absolute Gasteiger partial charge is 0.457 e. The van der Waals surface area contributed by atoms with Gasteiger partial charge in [-0.15, -0.1) is 0 Å². The Morgan fingerprint density at radius 1 is 1.08 bits per heavy atom. The quantitative estimate of drug-likeness (QED) is 0.717. The highest BCUT2D eigenvalue weighted by molar-refractivity contribution is 5.39. The van der Waals surface area contributed by atoms with Crippen molar-refractivity contribution in [3.8, 4) is 23.3 Å². The second-order valence-corrected chi connectivity index (χ2v) is 4.87. The van der Waals surface area contributed by atoms with Gasteiger partial charge in [0.05, 0.1) is 18.4 Å². The van der Waals surface area contributed by atoms with Crippen molar-refractivity contribution in [3.63, 3.8) is 0 Å². The molecule has 0 spiro atoms. The molecule has 0 atom stereocenters. The molecule has 9 heteroatoms. The number of halogens is 3. The van der Waals surface area contributed by atoms with Crippen molar-refractivity contribution in [2.24, 2.45) is 0 Å². The number of ether oxygens (including phenoxy) is 2. The molecule has 0 aliphatic rings. The maximum absolute atomic E-state index is 12.7. The number of benzene rings is 2. The highest BCUT2D eigenvalue weighted by Crippen LogP contribution is 2.32. The second-order valence-electron chi connectivity index (χ2n) is 4.87. The summed E-state index contributed by atoms with van der Waals surface area (Å²) < 4.78 is 53.9. The predicted octanol–water partition coefficient (Wildman–Crippen LogP) is 3.65. The van der Waals surface area contributed by atoms with Crippen LogP contribution in [0, 0.1) is 0 Å². The zero-order chi connectivity index (χ0) is 18.0. The van der Waals surface area contributed by atoms with Crippen molar-refractivity contribution in [2.45, 2.75) is 6.18 Å². The van der Waals surface area contributed by atoms with Crippen LogP contribution in [0.5, 0.6) is 17.6 Å². The van der Waals surface area contributed by atoms with Gasteiger partial charge in [-0.3, -0.25) is 0 Å². The smallest absolute Gasteiger partial charge is 0.444 e. The minimum absolute atomic E-state index is 0.0443. The fourth-order valence-electron chi connectivity index (χ4n) is 2.03. The van der Waals surface area contributed by atoms with Crippen LogP contribution in [0.2, 0.25) is 0 Å². The van der Waals surface area contributed by atoms with Crippen LogP contribution in [-0.2, 0) is 6.18 Å². The van der Waals surface area contributed by atoms with Gasteiger partial charge in [0.25, 0.3) is 0 Å². The summed E-state index contributed by atoms with van der Waals surface area (Å²) in [4.78, 5) is 11.6. The molecular formula is C16H11F3N2O4. The molecule has 0 unspecified atom stereocenters. The average Bonchev–Trinajstić information content (AvgIpc) is 2.96. The molecule has 0 N–H and O–H groups in total. The number of hydrogen-bond acceptors (Lipinski definition) is 5. The van der Waals surface area contributed by atoms with Gasteiger partial charge in [0.2, 0.25) is 0 Å². The van der Waals surface area contributed by atoms with E-state index in [4.69, 9.17) is 13.9 Å². The zero-order valence-electron chi connectivity index (χ0n) is 12.8. The molecule has 0 saturated carbocycles. The molecule has 6 nitrogen and oxygen atoms in total. The Morgan fingerprint density at radius 2 is 1.80 bits per heavy atom. The summed E-state index contributed by atoms with van der Waals surface area (Å²) in [5.41, 5.74) is -0.420. The lowest BCUT2D eigenvalue weighted by atomic mass is 10.2. The summed E-state index contributed by atoms with van der Waals surface area (Å²) in [5.74, 6) is -0.391. The van der Waals surface area contributed by atoms with Crippen molar-refractivity contribution < 1.29 is 27.1 Å². The van der Waals surface area contributed by atoms with E-state index in [-0.39, 0.29) is 11.8 Å². The summed E-state index contributed by atoms with van der Waals surface area (Å²) >= 11 is 0. The maximum Gasteiger partial charge on any atom is 0.444 e. The molecule has 3 aromatic rings. The van der Waals surface area contributed by atoms with Crippen LogP contribution >= 0.6 is 0 Å². The van der Waals surface area contributed by atoms with E-state index in [2.05, 4.69) is 5.10 Å². The van der Waals surface area contributed by atoms with E-state index in [0.717, 1.165) is 16.8 Å². The average molecular weight is 352 g/mol. The van der Waals surface area contributed by atoms with Crippen LogP contribution < -0.4 is 15.2 Å². The van der Waals surface area contributed by atoms with Crippen LogP contribution in [0.3, 0.4) is 0 Å². The molecule has 0 saturated heterocycles. The topological polar surface area (TPSA) is 66.5 Å². The summed E-state index contributed by atoms with van der Waals surface area (Å²) in [6.07, 6.45) is -4.63. The number of alkyl halides is 3. The molecule has 0 radical (unpaired) electrons. The van der Waals surface area contributed by atoms with Crippen LogP contribution in [0.1, 0.15) is 5.56 Å². The first-order chi connectivity index (χ1) is 11.9. The zero-order valence-corrected chi connectivity index (χ0v) is 12.8. The summed E-state index contributed by atoms with van der Waals surface area (Å²) in [5, 5.41) is 3.80. The van der Waals surface area contributed by atoms with Gasteiger partial charge in [-0.25, -0.2) is 4.79 Å². The highest BCUT2D eigenvalue weighted by Gasteiger charge is 2.30. The molecule has 130 valence electrons. The van der Waals surface area contributed by atoms with Gasteiger partial charge in [0.1, 0.15) is 11.5 Å². The van der Waals surface area contributed by atoms with E-state index in [1.54, 1.807) is 0 Å². The first kappa shape index (κ1) is 16.6. The van der Waals surface area contributed by atoms with Crippen molar-refractivity contribution in [2.75, 3.05) is 7.11 Å². The third kappa shape index (κ3) is 3.65. The Labute approximate surface area is 139 Å². The Morgan fingerprint density at radius 3 is 2.40 bits per heavy atom. The maximum atomic E-state index is 12.7. The standard InChI is InChI=1S/C16H11F3N2O4/c1-23-14-20-21(15(22)25-14)11-5-7-12(8-6-11)24-13-4-2-3-10(9-13)16(17,18)19/h2-9H,1H3. The number of nitrogens with zero attached hydrogens (tertiary/aromatic N) is 2. The molecule has 0 aliphatic carbocycles. The first-order valence-corrected chi connectivity index (χ1v) is 6.96. The number of methoxy groups -OCH3 is 1. The summed E-state index contributed by atoms with van der Waals surface area (Å²) in [7, 11) is 1.31. The van der Waals surface area contributed by atoms with Crippen LogP contribution in [0.4, 0.5) is 13.2 Å². The number of rotatable bonds is 4. The molecule has 0 fully saturated rings. The van der Waals surface area contributed by atoms with Gasteiger partial charge >= 0.3 is 18.0 Å². The summed E-state index contributed by atoms with van der Waals surface area (Å²) in [6.45, 7) is 0. The number of aromatic nitrogens is 2. The third-order valence-corrected chi connectivity index (χ3v) is 3.18. The summed E-state index contributed by atoms with van der Waals surface area (Å²) in [6, 6.07) is 10.5. The molecule has 1 heterocycles. The first-order valence-electron chi connectivity index (χ1n) is 6.96. The lowest BCUT2D eigenvalue weighted by Gasteiger charge is -2.10. The Bertz CT molecular complexity index is 930. The lowest BCUT2D eigenvalue weighted by Crippen LogP contribution is -2.13. The van der Waals surface area contributed by atoms with Crippen LogP contribution in [0.25, 0.3) is 5.69 Å². The molecule has 3 rings (SSSR count). The molecule has 0 aliphatic heterocycles. The van der Waals surface area contributed by atoms with Crippen LogP contribution in [-0.4, -0.2) is 16.9 Å². The lowest BCUT2D eigenvalue weighted by molar-refractivity contribution is -0.137. The Hall–Kier alpha value is -3.23. The van der Waals surface area contributed by atoms with Crippen LogP contribution in [0.15, 0.2) is 57.7 Å². The number of hydrogen-bond donors (Lipinski definition) is 0. The molecule has 0 amide bonds. The SMILES string of the molecule is COc1nn(-c2ccc(Oc3cccc(C(F)(F)F)c3)cc2)c(=O)o1. The molecule has 1 aromatic heterocycles. The fourth-order valence-corrected chi connectivity index (χ4v) is 2.03. The van der Waals surface area contributed by atoms with E-state index >= 15 is 0 Å². The normalized spacial score (nSPS) is 11.4. The highest BCUT2D eigenvalue weighted by atomic mass is 19.4. The second kappa shape index (κ2) is 6.34. The van der Waals surface area contributed by atoms with E-state index in [9.17, 15) is 18.0 Å². The van der Waals surface area contributed by atoms with Gasteiger partial charge in [0.15, 0.2) is 0 Å². The van der Waals surface area contributed by atoms with Gasteiger partial charge in [0, 0.05) is 0 Å². The van der Waals surface area contributed by atoms with Crippen molar-refractivity contribution >= 4 is 0 Å². The van der Waals surface area contributed by atoms with E-state index < -0.39 is 17.5 Å². The molecule has 25 heavy (non-hydrogen) atoms. The van der Waals surface area contributed by atoms with Gasteiger partial charge < -0.3 is 13.9 Å². The minimum atomic E-state index is -4.45. The molecule has 0 bridgehead atoms. The van der Waals surface area contributed by atoms with Gasteiger partial charge in [-0.1, -0.05) is 11.2 Å². The van der Waals surface area contributed by atoms with E-state index in [0.29, 0.717) is 11.4 Å². The van der Waals surface area contributed by atoms with Crippen molar-refractivity contribution in [1.82, 2.24) is 9.78 Å². The van der Waals surface area contributed by atoms with E-state index in [1.807, 2.05) is 0 Å². The molecule has 2 aromatic carbocycles. The van der Waals surface area contributed by atoms with Crippen molar-refractivity contribution in [3.05, 3.63) is 64.6 Å². The Balaban J connectivity index is 1.81. The molecular weight excluding hydrogens is 341 g/mol. The Kier molecular flexibility index (Phi) is 4.22. The van der Waals surface area contributed by atoms with Gasteiger partial charge in [-0.05, 0) is 42.5 Å².